The molecule has 1 aliphatic rings. The van der Waals surface area contributed by atoms with Gasteiger partial charge in [-0.25, -0.2) is 0 Å². The molecule has 1 aliphatic heterocycles. The van der Waals surface area contributed by atoms with E-state index in [0.717, 1.165) is 0 Å². The Kier molecular flexibility index (Phi) is 3.34. The Morgan fingerprint density at radius 2 is 2.00 bits per heavy atom. The van der Waals surface area contributed by atoms with Crippen molar-refractivity contribution in [2.75, 3.05) is 13.2 Å². The normalized spacial score (nSPS) is 23.2. The largest absolute Gasteiger partial charge is 0.350 e. The van der Waals surface area contributed by atoms with Crippen LogP contribution in [0.3, 0.4) is 0 Å². The van der Waals surface area contributed by atoms with Crippen LogP contribution in [0.4, 0.5) is 0 Å². The van der Waals surface area contributed by atoms with Crippen molar-refractivity contribution in [1.82, 2.24) is 0 Å². The summed E-state index contributed by atoms with van der Waals surface area (Å²) < 4.78 is 10.6. The van der Waals surface area contributed by atoms with E-state index < -0.39 is 0 Å². The van der Waals surface area contributed by atoms with Gasteiger partial charge in [0.25, 0.3) is 0 Å². The van der Waals surface area contributed by atoms with Gasteiger partial charge in [-0.05, 0) is 5.53 Å². The highest BCUT2D eigenvalue weighted by atomic mass is 16.7. The summed E-state index contributed by atoms with van der Waals surface area (Å²) >= 11 is 0. The van der Waals surface area contributed by atoms with Gasteiger partial charge in [0, 0.05) is 16.9 Å². The molecule has 0 aliphatic carbocycles. The molecule has 0 saturated carbocycles. The summed E-state index contributed by atoms with van der Waals surface area (Å²) in [4.78, 5) is 2.74. The Hall–Kier alpha value is -0.770. The molecular formula is C7H13N3O2. The molecule has 0 spiro atoms. The minimum atomic E-state index is -0.203. The summed E-state index contributed by atoms with van der Waals surface area (Å²) in [5.41, 5.74) is 8.21. The van der Waals surface area contributed by atoms with Crippen LogP contribution in [0.1, 0.15) is 13.8 Å². The van der Waals surface area contributed by atoms with E-state index in [1.807, 2.05) is 13.8 Å². The fraction of sp³-hybridized carbons (Fsp3) is 1.00. The van der Waals surface area contributed by atoms with E-state index in [0.29, 0.717) is 13.2 Å². The maximum atomic E-state index is 8.21. The molecule has 68 valence electrons. The first-order chi connectivity index (χ1) is 5.75. The van der Waals surface area contributed by atoms with Crippen LogP contribution < -0.4 is 0 Å². The van der Waals surface area contributed by atoms with E-state index in [9.17, 15) is 0 Å². The third-order valence-electron chi connectivity index (χ3n) is 2.07. The van der Waals surface area contributed by atoms with Crippen LogP contribution in [-0.2, 0) is 9.47 Å². The molecule has 5 heteroatoms. The maximum absolute atomic E-state index is 8.21. The number of ether oxygens (including phenoxy) is 2. The third kappa shape index (κ3) is 2.11. The van der Waals surface area contributed by atoms with Gasteiger partial charge in [0.2, 0.25) is 0 Å². The van der Waals surface area contributed by atoms with Crippen molar-refractivity contribution in [3.63, 3.8) is 0 Å². The number of rotatable bonds is 3. The zero-order valence-corrected chi connectivity index (χ0v) is 7.30. The Morgan fingerprint density at radius 3 is 2.50 bits per heavy atom. The van der Waals surface area contributed by atoms with Crippen molar-refractivity contribution in [3.05, 3.63) is 10.4 Å². The second kappa shape index (κ2) is 4.30. The van der Waals surface area contributed by atoms with Gasteiger partial charge in [-0.2, -0.15) is 0 Å². The molecule has 0 aromatic heterocycles. The second-order valence-electron chi connectivity index (χ2n) is 2.91. The second-order valence-corrected chi connectivity index (χ2v) is 2.91. The number of nitrogens with zero attached hydrogens (tertiary/aromatic N) is 3. The van der Waals surface area contributed by atoms with Gasteiger partial charge >= 0.3 is 0 Å². The Balaban J connectivity index is 2.44. The van der Waals surface area contributed by atoms with E-state index in [-0.39, 0.29) is 18.2 Å². The molecule has 12 heavy (non-hydrogen) atoms. The zero-order valence-electron chi connectivity index (χ0n) is 7.30. The van der Waals surface area contributed by atoms with E-state index >= 15 is 0 Å². The molecule has 1 rings (SSSR count). The molecule has 2 atom stereocenters. The standard InChI is InChI=1S/C7H13N3O2/c1-5(6(2)9-10-8)7-11-3-4-12-7/h5-7H,3-4H2,1-2H3/t5-,6-/m1/s1. The highest BCUT2D eigenvalue weighted by molar-refractivity contribution is 4.73. The number of hydrogen-bond acceptors (Lipinski definition) is 3. The van der Waals surface area contributed by atoms with Gasteiger partial charge in [-0.3, -0.25) is 0 Å². The predicted octanol–water partition coefficient (Wildman–Crippen LogP) is 1.69. The van der Waals surface area contributed by atoms with E-state index in [2.05, 4.69) is 10.0 Å². The van der Waals surface area contributed by atoms with Crippen LogP contribution in [-0.4, -0.2) is 25.5 Å². The average molecular weight is 171 g/mol. The lowest BCUT2D eigenvalue weighted by atomic mass is 10.0. The lowest BCUT2D eigenvalue weighted by Gasteiger charge is -2.20. The first-order valence-electron chi connectivity index (χ1n) is 4.03. The van der Waals surface area contributed by atoms with Crippen molar-refractivity contribution in [2.24, 2.45) is 11.0 Å². The number of azide groups is 1. The van der Waals surface area contributed by atoms with Crippen LogP contribution in [0.25, 0.3) is 10.4 Å². The van der Waals surface area contributed by atoms with Crippen molar-refractivity contribution >= 4 is 0 Å². The topological polar surface area (TPSA) is 67.2 Å². The summed E-state index contributed by atoms with van der Waals surface area (Å²) in [5, 5.41) is 3.59. The summed E-state index contributed by atoms with van der Waals surface area (Å²) in [7, 11) is 0. The smallest absolute Gasteiger partial charge is 0.160 e. The highest BCUT2D eigenvalue weighted by Gasteiger charge is 2.26. The zero-order chi connectivity index (χ0) is 8.97. The quantitative estimate of drug-likeness (QED) is 0.368. The Bertz CT molecular complexity index is 185. The van der Waals surface area contributed by atoms with Crippen LogP contribution >= 0.6 is 0 Å². The molecule has 1 fully saturated rings. The minimum absolute atomic E-state index is 0.0851. The lowest BCUT2D eigenvalue weighted by molar-refractivity contribution is -0.0829. The molecule has 1 heterocycles. The van der Waals surface area contributed by atoms with Crippen molar-refractivity contribution < 1.29 is 9.47 Å². The summed E-state index contributed by atoms with van der Waals surface area (Å²) in [6.07, 6.45) is -0.203. The fourth-order valence-electron chi connectivity index (χ4n) is 1.09. The molecule has 5 nitrogen and oxygen atoms in total. The Morgan fingerprint density at radius 1 is 1.42 bits per heavy atom. The first-order valence-corrected chi connectivity index (χ1v) is 4.03. The van der Waals surface area contributed by atoms with Gasteiger partial charge < -0.3 is 9.47 Å². The molecule has 0 aromatic rings. The maximum Gasteiger partial charge on any atom is 0.160 e. The van der Waals surface area contributed by atoms with Crippen LogP contribution in [0.5, 0.6) is 0 Å². The van der Waals surface area contributed by atoms with Gasteiger partial charge in [0.15, 0.2) is 6.29 Å². The Labute approximate surface area is 71.3 Å². The van der Waals surface area contributed by atoms with Crippen molar-refractivity contribution in [2.45, 2.75) is 26.2 Å². The molecular weight excluding hydrogens is 158 g/mol. The molecule has 0 N–H and O–H groups in total. The summed E-state index contributed by atoms with van der Waals surface area (Å²) in [6, 6.07) is -0.0851. The molecule has 0 aromatic carbocycles. The molecule has 0 radical (unpaired) electrons. The molecule has 0 bridgehead atoms. The van der Waals surface area contributed by atoms with Crippen LogP contribution in [0, 0.1) is 5.92 Å². The van der Waals surface area contributed by atoms with Gasteiger partial charge in [0.05, 0.1) is 13.2 Å². The predicted molar refractivity (Wildman–Crippen MR) is 43.5 cm³/mol. The molecule has 0 unspecified atom stereocenters. The van der Waals surface area contributed by atoms with Gasteiger partial charge in [0.1, 0.15) is 0 Å². The van der Waals surface area contributed by atoms with E-state index in [4.69, 9.17) is 15.0 Å². The lowest BCUT2D eigenvalue weighted by Crippen LogP contribution is -2.26. The fourth-order valence-corrected chi connectivity index (χ4v) is 1.09. The van der Waals surface area contributed by atoms with Gasteiger partial charge in [-0.15, -0.1) is 0 Å². The summed E-state index contributed by atoms with van der Waals surface area (Å²) in [6.45, 7) is 5.08. The highest BCUT2D eigenvalue weighted by Crippen LogP contribution is 2.19. The first kappa shape index (κ1) is 9.32. The van der Waals surface area contributed by atoms with Crippen LogP contribution in [0.2, 0.25) is 0 Å². The minimum Gasteiger partial charge on any atom is -0.350 e. The van der Waals surface area contributed by atoms with E-state index in [1.54, 1.807) is 0 Å². The van der Waals surface area contributed by atoms with E-state index in [1.165, 1.54) is 0 Å². The molecule has 0 amide bonds. The van der Waals surface area contributed by atoms with Crippen molar-refractivity contribution in [1.29, 1.82) is 0 Å². The average Bonchev–Trinajstić information content (AvgIpc) is 2.55. The van der Waals surface area contributed by atoms with Gasteiger partial charge in [-0.1, -0.05) is 19.0 Å². The SMILES string of the molecule is C[C@@H](N=[N+]=[N-])[C@@H](C)C1OCCO1. The number of hydrogen-bond donors (Lipinski definition) is 0. The monoisotopic (exact) mass is 171 g/mol. The third-order valence-corrected chi connectivity index (χ3v) is 2.07. The van der Waals surface area contributed by atoms with Crippen molar-refractivity contribution in [3.8, 4) is 0 Å². The molecule has 1 saturated heterocycles. The van der Waals surface area contributed by atoms with Crippen LogP contribution in [0.15, 0.2) is 5.11 Å². The summed E-state index contributed by atoms with van der Waals surface area (Å²) in [5.74, 6) is 0.114.